The number of benzene rings is 2. The van der Waals surface area contributed by atoms with Gasteiger partial charge in [0.25, 0.3) is 11.6 Å². The first-order valence-electron chi connectivity index (χ1n) is 10.6. The topological polar surface area (TPSA) is 114 Å². The summed E-state index contributed by atoms with van der Waals surface area (Å²) in [5.74, 6) is -0.434. The molecular formula is C22H26N4O5S2. The molecular weight excluding hydrogens is 464 g/mol. The molecule has 11 heteroatoms. The van der Waals surface area contributed by atoms with Crippen LogP contribution in [0.2, 0.25) is 0 Å². The smallest absolute Gasteiger partial charge is 0.270 e. The van der Waals surface area contributed by atoms with E-state index in [1.165, 1.54) is 40.5 Å². The highest BCUT2D eigenvalue weighted by Crippen LogP contribution is 2.32. The zero-order valence-electron chi connectivity index (χ0n) is 18.7. The first-order valence-corrected chi connectivity index (χ1v) is 13.1. The molecule has 1 heterocycles. The number of anilines is 1. The van der Waals surface area contributed by atoms with Gasteiger partial charge in [0.15, 0.2) is 15.0 Å². The van der Waals surface area contributed by atoms with Crippen molar-refractivity contribution in [3.8, 4) is 0 Å². The Morgan fingerprint density at radius 1 is 1.09 bits per heavy atom. The number of thiazole rings is 1. The Kier molecular flexibility index (Phi) is 7.77. The second-order valence-corrected chi connectivity index (χ2v) is 10.6. The number of amides is 1. The maximum atomic E-state index is 13.5. The summed E-state index contributed by atoms with van der Waals surface area (Å²) >= 11 is 1.19. The zero-order chi connectivity index (χ0) is 24.2. The van der Waals surface area contributed by atoms with Crippen molar-refractivity contribution >= 4 is 48.1 Å². The Hall–Kier alpha value is -2.89. The summed E-state index contributed by atoms with van der Waals surface area (Å²) in [4.78, 5) is 32.5. The first-order chi connectivity index (χ1) is 15.7. The number of hydrogen-bond acceptors (Lipinski definition) is 8. The van der Waals surface area contributed by atoms with E-state index in [0.29, 0.717) is 28.4 Å². The van der Waals surface area contributed by atoms with Gasteiger partial charge in [-0.25, -0.2) is 13.4 Å². The molecule has 0 N–H and O–H groups in total. The van der Waals surface area contributed by atoms with Crippen molar-refractivity contribution in [2.24, 2.45) is 0 Å². The van der Waals surface area contributed by atoms with Crippen LogP contribution in [0.5, 0.6) is 0 Å². The Bertz CT molecular complexity index is 1270. The Labute approximate surface area is 196 Å². The van der Waals surface area contributed by atoms with Crippen LogP contribution in [0.25, 0.3) is 10.2 Å². The lowest BCUT2D eigenvalue weighted by molar-refractivity contribution is -0.384. The third kappa shape index (κ3) is 5.55. The van der Waals surface area contributed by atoms with E-state index in [2.05, 4.69) is 9.88 Å². The Morgan fingerprint density at radius 2 is 1.82 bits per heavy atom. The van der Waals surface area contributed by atoms with Crippen LogP contribution in [0.3, 0.4) is 0 Å². The number of fused-ring (bicyclic) bond motifs is 1. The molecule has 3 aromatic rings. The van der Waals surface area contributed by atoms with E-state index in [-0.39, 0.29) is 27.8 Å². The number of carbonyl (C=O) groups is 1. The highest BCUT2D eigenvalue weighted by Gasteiger charge is 2.24. The summed E-state index contributed by atoms with van der Waals surface area (Å²) in [6.45, 7) is 8.19. The van der Waals surface area contributed by atoms with Crippen molar-refractivity contribution in [2.75, 3.05) is 36.8 Å². The van der Waals surface area contributed by atoms with E-state index >= 15 is 0 Å². The highest BCUT2D eigenvalue weighted by molar-refractivity contribution is 7.91. The minimum absolute atomic E-state index is 0.0452. The second kappa shape index (κ2) is 10.4. The van der Waals surface area contributed by atoms with E-state index < -0.39 is 14.8 Å². The molecule has 0 atom stereocenters. The molecule has 0 aliphatic heterocycles. The molecule has 33 heavy (non-hydrogen) atoms. The normalized spacial score (nSPS) is 11.8. The number of carbonyl (C=O) groups excluding carboxylic acids is 1. The van der Waals surface area contributed by atoms with E-state index in [9.17, 15) is 23.3 Å². The Morgan fingerprint density at radius 3 is 2.45 bits per heavy atom. The van der Waals surface area contributed by atoms with Gasteiger partial charge in [-0.2, -0.15) is 0 Å². The van der Waals surface area contributed by atoms with Gasteiger partial charge in [0.2, 0.25) is 0 Å². The van der Waals surface area contributed by atoms with Crippen LogP contribution in [0.4, 0.5) is 10.8 Å². The summed E-state index contributed by atoms with van der Waals surface area (Å²) in [5, 5.41) is 11.5. The fourth-order valence-corrected chi connectivity index (χ4v) is 5.29. The summed E-state index contributed by atoms with van der Waals surface area (Å²) in [5.41, 5.74) is 0.758. The third-order valence-electron chi connectivity index (χ3n) is 5.40. The largest absolute Gasteiger partial charge is 0.302 e. The van der Waals surface area contributed by atoms with Crippen molar-refractivity contribution in [1.82, 2.24) is 9.88 Å². The summed E-state index contributed by atoms with van der Waals surface area (Å²) in [6.07, 6.45) is 0. The summed E-state index contributed by atoms with van der Waals surface area (Å²) < 4.78 is 25.2. The fraction of sp³-hybridized carbons (Fsp3) is 0.364. The van der Waals surface area contributed by atoms with Crippen molar-refractivity contribution < 1.29 is 18.1 Å². The average molecular weight is 491 g/mol. The SMILES string of the molecule is CCN(CC)CCN(C(=O)c1cccc(S(=O)(=O)CC)c1)c1nc2ccc([N+](=O)[O-])cc2s1. The lowest BCUT2D eigenvalue weighted by atomic mass is 10.2. The monoisotopic (exact) mass is 490 g/mol. The molecule has 1 aromatic heterocycles. The average Bonchev–Trinajstić information content (AvgIpc) is 3.24. The van der Waals surface area contributed by atoms with Gasteiger partial charge < -0.3 is 4.90 Å². The van der Waals surface area contributed by atoms with Crippen LogP contribution in [-0.4, -0.2) is 61.1 Å². The number of hydrogen-bond donors (Lipinski definition) is 0. The number of aromatic nitrogens is 1. The lowest BCUT2D eigenvalue weighted by Gasteiger charge is -2.25. The van der Waals surface area contributed by atoms with Crippen LogP contribution in [0.1, 0.15) is 31.1 Å². The third-order valence-corrected chi connectivity index (χ3v) is 8.18. The Balaban J connectivity index is 2.03. The van der Waals surface area contributed by atoms with Crippen LogP contribution >= 0.6 is 11.3 Å². The number of likely N-dealkylation sites (N-methyl/N-ethyl adjacent to an activating group) is 1. The predicted octanol–water partition coefficient (Wildman–Crippen LogP) is 3.99. The number of nitro groups is 1. The van der Waals surface area contributed by atoms with Crippen LogP contribution in [0, 0.1) is 10.1 Å². The molecule has 2 aromatic carbocycles. The van der Waals surface area contributed by atoms with Crippen molar-refractivity contribution in [2.45, 2.75) is 25.7 Å². The second-order valence-electron chi connectivity index (χ2n) is 7.32. The van der Waals surface area contributed by atoms with Crippen LogP contribution in [-0.2, 0) is 9.84 Å². The van der Waals surface area contributed by atoms with Crippen molar-refractivity contribution in [3.63, 3.8) is 0 Å². The molecule has 0 aliphatic carbocycles. The highest BCUT2D eigenvalue weighted by atomic mass is 32.2. The van der Waals surface area contributed by atoms with Crippen molar-refractivity contribution in [1.29, 1.82) is 0 Å². The van der Waals surface area contributed by atoms with E-state index in [4.69, 9.17) is 0 Å². The molecule has 0 saturated heterocycles. The number of nitro benzene ring substituents is 1. The molecule has 0 fully saturated rings. The maximum Gasteiger partial charge on any atom is 0.270 e. The van der Waals surface area contributed by atoms with Crippen LogP contribution in [0.15, 0.2) is 47.4 Å². The van der Waals surface area contributed by atoms with E-state index in [1.807, 2.05) is 13.8 Å². The zero-order valence-corrected chi connectivity index (χ0v) is 20.4. The predicted molar refractivity (Wildman–Crippen MR) is 130 cm³/mol. The molecule has 0 spiro atoms. The van der Waals surface area contributed by atoms with Gasteiger partial charge >= 0.3 is 0 Å². The standard InChI is InChI=1S/C22H26N4O5S2/c1-4-24(5-2)12-13-25(21(27)16-8-7-9-18(14-16)33(30,31)6-3)22-23-19-11-10-17(26(28)29)15-20(19)32-22/h7-11,14-15H,4-6,12-13H2,1-3H3. The summed E-state index contributed by atoms with van der Waals surface area (Å²) in [6, 6.07) is 10.4. The van der Waals surface area contributed by atoms with E-state index in [1.54, 1.807) is 25.1 Å². The molecule has 176 valence electrons. The van der Waals surface area contributed by atoms with Gasteiger partial charge in [-0.3, -0.25) is 19.8 Å². The van der Waals surface area contributed by atoms with Gasteiger partial charge in [-0.05, 0) is 37.4 Å². The quantitative estimate of drug-likeness (QED) is 0.312. The fourth-order valence-electron chi connectivity index (χ4n) is 3.34. The molecule has 0 unspecified atom stereocenters. The molecule has 0 radical (unpaired) electrons. The summed E-state index contributed by atoms with van der Waals surface area (Å²) in [7, 11) is -3.47. The number of sulfone groups is 1. The minimum atomic E-state index is -3.47. The lowest BCUT2D eigenvalue weighted by Crippen LogP contribution is -2.39. The molecule has 0 aliphatic rings. The molecule has 3 rings (SSSR count). The number of non-ortho nitro benzene ring substituents is 1. The maximum absolute atomic E-state index is 13.5. The van der Waals surface area contributed by atoms with Gasteiger partial charge in [0.1, 0.15) is 0 Å². The van der Waals surface area contributed by atoms with E-state index in [0.717, 1.165) is 13.1 Å². The molecule has 0 saturated carbocycles. The van der Waals surface area contributed by atoms with Crippen molar-refractivity contribution in [3.05, 3.63) is 58.1 Å². The molecule has 0 bridgehead atoms. The first kappa shape index (κ1) is 24.7. The van der Waals surface area contributed by atoms with Gasteiger partial charge in [-0.15, -0.1) is 0 Å². The van der Waals surface area contributed by atoms with Gasteiger partial charge in [0, 0.05) is 30.8 Å². The van der Waals surface area contributed by atoms with Gasteiger partial charge in [0.05, 0.1) is 25.8 Å². The molecule has 9 nitrogen and oxygen atoms in total. The van der Waals surface area contributed by atoms with Gasteiger partial charge in [-0.1, -0.05) is 38.2 Å². The number of nitrogens with zero attached hydrogens (tertiary/aromatic N) is 4. The van der Waals surface area contributed by atoms with Crippen LogP contribution < -0.4 is 4.90 Å². The minimum Gasteiger partial charge on any atom is -0.302 e. The molecule has 1 amide bonds. The number of rotatable bonds is 10.